The number of rotatable bonds is 5. The Bertz CT molecular complexity index is 772. The SMILES string of the molecule is O=C(COC(=O)C[C@H]1C=CCC1)Nc1nc2ccc(Br)cc2s1. The van der Waals surface area contributed by atoms with Crippen LogP contribution in [0.3, 0.4) is 0 Å². The first-order chi connectivity index (χ1) is 11.1. The van der Waals surface area contributed by atoms with E-state index < -0.39 is 0 Å². The molecule has 1 aliphatic rings. The largest absolute Gasteiger partial charge is 0.456 e. The van der Waals surface area contributed by atoms with Crippen molar-refractivity contribution in [1.82, 2.24) is 4.98 Å². The van der Waals surface area contributed by atoms with Crippen LogP contribution in [0, 0.1) is 5.92 Å². The van der Waals surface area contributed by atoms with Crippen LogP contribution < -0.4 is 5.32 Å². The predicted octanol–water partition coefficient (Wildman–Crippen LogP) is 3.90. The molecule has 0 unspecified atom stereocenters. The van der Waals surface area contributed by atoms with Crippen LogP contribution >= 0.6 is 27.3 Å². The van der Waals surface area contributed by atoms with Crippen molar-refractivity contribution in [3.63, 3.8) is 0 Å². The first-order valence-corrected chi connectivity index (χ1v) is 8.89. The minimum absolute atomic E-state index is 0.244. The average Bonchev–Trinajstić information content (AvgIpc) is 3.13. The van der Waals surface area contributed by atoms with E-state index in [1.54, 1.807) is 0 Å². The van der Waals surface area contributed by atoms with Crippen LogP contribution in [0.15, 0.2) is 34.8 Å². The third-order valence-electron chi connectivity index (χ3n) is 3.50. The molecule has 0 fully saturated rings. The van der Waals surface area contributed by atoms with Gasteiger partial charge >= 0.3 is 5.97 Å². The Balaban J connectivity index is 1.49. The summed E-state index contributed by atoms with van der Waals surface area (Å²) < 4.78 is 6.95. The first kappa shape index (κ1) is 16.1. The number of amides is 1. The number of anilines is 1. The standard InChI is InChI=1S/C16H15BrN2O3S/c17-11-5-6-12-13(8-11)23-16(18-12)19-14(20)9-22-15(21)7-10-3-1-2-4-10/h1,3,5-6,8,10H,2,4,7,9H2,(H,18,19,20)/t10-/m0/s1. The molecule has 0 bridgehead atoms. The fourth-order valence-electron chi connectivity index (χ4n) is 2.39. The first-order valence-electron chi connectivity index (χ1n) is 7.28. The quantitative estimate of drug-likeness (QED) is 0.616. The Morgan fingerprint density at radius 2 is 2.30 bits per heavy atom. The van der Waals surface area contributed by atoms with E-state index in [0.717, 1.165) is 27.5 Å². The molecule has 1 aliphatic carbocycles. The molecular weight excluding hydrogens is 380 g/mol. The number of hydrogen-bond acceptors (Lipinski definition) is 5. The maximum absolute atomic E-state index is 11.9. The van der Waals surface area contributed by atoms with Crippen molar-refractivity contribution in [3.05, 3.63) is 34.8 Å². The van der Waals surface area contributed by atoms with E-state index in [2.05, 4.69) is 32.3 Å². The Kier molecular flexibility index (Phi) is 5.07. The number of nitrogens with zero attached hydrogens (tertiary/aromatic N) is 1. The monoisotopic (exact) mass is 394 g/mol. The maximum Gasteiger partial charge on any atom is 0.306 e. The van der Waals surface area contributed by atoms with Crippen LogP contribution in [-0.4, -0.2) is 23.5 Å². The van der Waals surface area contributed by atoms with Gasteiger partial charge in [0.15, 0.2) is 11.7 Å². The number of carbonyl (C=O) groups is 2. The highest BCUT2D eigenvalue weighted by Gasteiger charge is 2.16. The molecule has 1 amide bonds. The Hall–Kier alpha value is -1.73. The summed E-state index contributed by atoms with van der Waals surface area (Å²) in [4.78, 5) is 27.9. The zero-order valence-corrected chi connectivity index (χ0v) is 14.7. The smallest absolute Gasteiger partial charge is 0.306 e. The molecule has 120 valence electrons. The van der Waals surface area contributed by atoms with Crippen LogP contribution in [0.4, 0.5) is 5.13 Å². The van der Waals surface area contributed by atoms with Crippen molar-refractivity contribution in [2.75, 3.05) is 11.9 Å². The molecule has 0 spiro atoms. The Morgan fingerprint density at radius 1 is 1.43 bits per heavy atom. The lowest BCUT2D eigenvalue weighted by Crippen LogP contribution is -2.21. The van der Waals surface area contributed by atoms with Crippen LogP contribution in [0.5, 0.6) is 0 Å². The highest BCUT2D eigenvalue weighted by Crippen LogP contribution is 2.28. The second-order valence-corrected chi connectivity index (χ2v) is 7.26. The zero-order valence-electron chi connectivity index (χ0n) is 12.3. The lowest BCUT2D eigenvalue weighted by atomic mass is 10.1. The summed E-state index contributed by atoms with van der Waals surface area (Å²) in [5.74, 6) is -0.475. The number of hydrogen-bond donors (Lipinski definition) is 1. The molecule has 1 aromatic carbocycles. The molecule has 0 saturated heterocycles. The maximum atomic E-state index is 11.9. The molecule has 0 saturated carbocycles. The van der Waals surface area contributed by atoms with E-state index in [9.17, 15) is 9.59 Å². The topological polar surface area (TPSA) is 68.3 Å². The zero-order chi connectivity index (χ0) is 16.2. The summed E-state index contributed by atoms with van der Waals surface area (Å²) >= 11 is 4.78. The molecule has 2 aromatic rings. The number of thiazole rings is 1. The fourth-order valence-corrected chi connectivity index (χ4v) is 3.83. The van der Waals surface area contributed by atoms with Gasteiger partial charge in [0.25, 0.3) is 5.91 Å². The van der Waals surface area contributed by atoms with E-state index >= 15 is 0 Å². The molecule has 5 nitrogen and oxygen atoms in total. The third-order valence-corrected chi connectivity index (χ3v) is 4.93. The van der Waals surface area contributed by atoms with Gasteiger partial charge in [-0.3, -0.25) is 14.9 Å². The second kappa shape index (κ2) is 7.23. The predicted molar refractivity (Wildman–Crippen MR) is 93.4 cm³/mol. The summed E-state index contributed by atoms with van der Waals surface area (Å²) in [5, 5.41) is 3.16. The lowest BCUT2D eigenvalue weighted by molar-refractivity contribution is -0.147. The Labute approximate surface area is 145 Å². The number of ether oxygens (including phenoxy) is 1. The third kappa shape index (κ3) is 4.39. The van der Waals surface area contributed by atoms with E-state index in [1.165, 1.54) is 11.3 Å². The summed E-state index contributed by atoms with van der Waals surface area (Å²) in [6.45, 7) is -0.283. The van der Waals surface area contributed by atoms with Crippen molar-refractivity contribution in [1.29, 1.82) is 0 Å². The molecule has 1 N–H and O–H groups in total. The van der Waals surface area contributed by atoms with E-state index in [0.29, 0.717) is 11.6 Å². The minimum Gasteiger partial charge on any atom is -0.456 e. The number of fused-ring (bicyclic) bond motifs is 1. The summed E-state index contributed by atoms with van der Waals surface area (Å²) in [6, 6.07) is 5.71. The summed E-state index contributed by atoms with van der Waals surface area (Å²) in [6.07, 6.45) is 6.41. The van der Waals surface area contributed by atoms with Gasteiger partial charge in [0.1, 0.15) is 0 Å². The molecule has 0 aliphatic heterocycles. The van der Waals surface area contributed by atoms with E-state index in [4.69, 9.17) is 4.74 Å². The van der Waals surface area contributed by atoms with Gasteiger partial charge in [-0.05, 0) is 37.0 Å². The number of halogens is 1. The van der Waals surface area contributed by atoms with Gasteiger partial charge in [0, 0.05) is 4.47 Å². The normalized spacial score (nSPS) is 16.7. The Morgan fingerprint density at radius 3 is 3.09 bits per heavy atom. The molecule has 23 heavy (non-hydrogen) atoms. The van der Waals surface area contributed by atoms with Crippen LogP contribution in [0.25, 0.3) is 10.2 Å². The number of carbonyl (C=O) groups excluding carboxylic acids is 2. The second-order valence-electron chi connectivity index (χ2n) is 5.31. The van der Waals surface area contributed by atoms with Crippen molar-refractivity contribution in [2.24, 2.45) is 5.92 Å². The van der Waals surface area contributed by atoms with E-state index in [1.807, 2.05) is 24.3 Å². The molecule has 3 rings (SSSR count). The van der Waals surface area contributed by atoms with Gasteiger partial charge in [-0.2, -0.15) is 0 Å². The average molecular weight is 395 g/mol. The van der Waals surface area contributed by atoms with Gasteiger partial charge in [0.05, 0.1) is 16.6 Å². The number of esters is 1. The minimum atomic E-state index is -0.376. The fraction of sp³-hybridized carbons (Fsp3) is 0.312. The van der Waals surface area contributed by atoms with Crippen molar-refractivity contribution < 1.29 is 14.3 Å². The molecule has 1 atom stereocenters. The molecule has 1 aromatic heterocycles. The van der Waals surface area contributed by atoms with Crippen LogP contribution in [-0.2, 0) is 14.3 Å². The summed E-state index contributed by atoms with van der Waals surface area (Å²) in [5.41, 5.74) is 0.818. The molecular formula is C16H15BrN2O3S. The van der Waals surface area contributed by atoms with Crippen molar-refractivity contribution >= 4 is 54.5 Å². The highest BCUT2D eigenvalue weighted by molar-refractivity contribution is 9.10. The van der Waals surface area contributed by atoms with Gasteiger partial charge in [0.2, 0.25) is 0 Å². The van der Waals surface area contributed by atoms with Crippen molar-refractivity contribution in [3.8, 4) is 0 Å². The van der Waals surface area contributed by atoms with Crippen LogP contribution in [0.1, 0.15) is 19.3 Å². The van der Waals surface area contributed by atoms with Gasteiger partial charge < -0.3 is 4.74 Å². The molecule has 0 radical (unpaired) electrons. The van der Waals surface area contributed by atoms with Gasteiger partial charge in [-0.15, -0.1) is 0 Å². The number of nitrogens with one attached hydrogen (secondary N) is 1. The van der Waals surface area contributed by atoms with Crippen molar-refractivity contribution in [2.45, 2.75) is 19.3 Å². The lowest BCUT2D eigenvalue weighted by Gasteiger charge is -2.07. The number of aromatic nitrogens is 1. The highest BCUT2D eigenvalue weighted by atomic mass is 79.9. The van der Waals surface area contributed by atoms with Gasteiger partial charge in [-0.1, -0.05) is 39.4 Å². The number of benzene rings is 1. The van der Waals surface area contributed by atoms with Crippen LogP contribution in [0.2, 0.25) is 0 Å². The summed E-state index contributed by atoms with van der Waals surface area (Å²) in [7, 11) is 0. The van der Waals surface area contributed by atoms with E-state index in [-0.39, 0.29) is 24.4 Å². The van der Waals surface area contributed by atoms with Gasteiger partial charge in [-0.25, -0.2) is 4.98 Å². The number of allylic oxidation sites excluding steroid dienone is 2. The molecule has 7 heteroatoms. The molecule has 1 heterocycles.